The first kappa shape index (κ1) is 33.7. The van der Waals surface area contributed by atoms with Gasteiger partial charge >= 0.3 is 11.9 Å². The number of aryl methyl sites for hydroxylation is 1. The third-order valence-electron chi connectivity index (χ3n) is 8.41. The number of carbonyl (C=O) groups is 2. The lowest BCUT2D eigenvalue weighted by molar-refractivity contribution is -0.142. The number of carbonyl (C=O) groups excluding carboxylic acids is 2. The van der Waals surface area contributed by atoms with Gasteiger partial charge in [-0.25, -0.2) is 9.78 Å². The van der Waals surface area contributed by atoms with E-state index in [1.807, 2.05) is 55.6 Å². The van der Waals surface area contributed by atoms with E-state index >= 15 is 0 Å². The molecule has 1 saturated heterocycles. The average Bonchev–Trinajstić information content (AvgIpc) is 3.48. The first-order valence-corrected chi connectivity index (χ1v) is 16.1. The summed E-state index contributed by atoms with van der Waals surface area (Å²) >= 11 is 0. The van der Waals surface area contributed by atoms with E-state index in [0.29, 0.717) is 30.2 Å². The number of fused-ring (bicyclic) bond motifs is 1. The highest BCUT2D eigenvalue weighted by Gasteiger charge is 2.33. The molecule has 2 aromatic heterocycles. The molecular weight excluding hydrogens is 596 g/mol. The first-order chi connectivity index (χ1) is 22.6. The molecule has 1 aliphatic heterocycles. The number of benzene rings is 2. The van der Waals surface area contributed by atoms with Crippen LogP contribution in [0.3, 0.4) is 0 Å². The summed E-state index contributed by atoms with van der Waals surface area (Å²) in [4.78, 5) is 32.3. The van der Waals surface area contributed by atoms with Gasteiger partial charge in [-0.1, -0.05) is 24.3 Å². The molecule has 0 spiro atoms. The van der Waals surface area contributed by atoms with Crippen LogP contribution in [0.15, 0.2) is 61.2 Å². The molecule has 248 valence electrons. The molecule has 4 aromatic rings. The van der Waals surface area contributed by atoms with Crippen molar-refractivity contribution >= 4 is 23.4 Å². The highest BCUT2D eigenvalue weighted by molar-refractivity contribution is 5.92. The van der Waals surface area contributed by atoms with Crippen LogP contribution in [-0.4, -0.2) is 71.7 Å². The van der Waals surface area contributed by atoms with Crippen LogP contribution in [0.1, 0.15) is 62.2 Å². The first-order valence-electron chi connectivity index (χ1n) is 16.1. The molecule has 0 unspecified atom stereocenters. The Labute approximate surface area is 276 Å². The molecule has 0 N–H and O–H groups in total. The molecule has 0 bridgehead atoms. The number of nitrogens with zero attached hydrogens (tertiary/aromatic N) is 4. The Kier molecular flexibility index (Phi) is 10.3. The van der Waals surface area contributed by atoms with Crippen LogP contribution in [0.25, 0.3) is 28.0 Å². The fraction of sp³-hybridized carbons (Fsp3) is 0.405. The molecule has 2 aromatic carbocycles. The van der Waals surface area contributed by atoms with Gasteiger partial charge in [0.25, 0.3) is 0 Å². The maximum Gasteiger partial charge on any atom is 0.337 e. The van der Waals surface area contributed by atoms with Crippen molar-refractivity contribution in [2.75, 3.05) is 38.3 Å². The van der Waals surface area contributed by atoms with Crippen molar-refractivity contribution in [3.05, 3.63) is 78.0 Å². The molecule has 47 heavy (non-hydrogen) atoms. The quantitative estimate of drug-likeness (QED) is 0.125. The second-order valence-corrected chi connectivity index (χ2v) is 12.3. The minimum Gasteiger partial charge on any atom is -0.490 e. The van der Waals surface area contributed by atoms with Gasteiger partial charge in [0.2, 0.25) is 0 Å². The molecule has 1 fully saturated rings. The van der Waals surface area contributed by atoms with Crippen molar-refractivity contribution in [3.63, 3.8) is 0 Å². The third kappa shape index (κ3) is 7.49. The Morgan fingerprint density at radius 2 is 1.83 bits per heavy atom. The van der Waals surface area contributed by atoms with Crippen LogP contribution in [0.2, 0.25) is 0 Å². The number of piperidine rings is 1. The number of aromatic nitrogens is 3. The summed E-state index contributed by atoms with van der Waals surface area (Å²) < 4.78 is 24.4. The Balaban J connectivity index is 1.59. The van der Waals surface area contributed by atoms with Gasteiger partial charge in [0.05, 0.1) is 49.7 Å². The SMILES string of the molecule is C=CCOC1(C)CCN(c2c(CC(=O)OCC)c(C)nc3cc(-c4cccc(-c5cc(C(=O)OC)ccc5OC(C)C)c4)nn23)CC1. The number of esters is 2. The zero-order chi connectivity index (χ0) is 33.7. The van der Waals surface area contributed by atoms with E-state index in [2.05, 4.69) is 18.4 Å². The minimum absolute atomic E-state index is 0.0582. The smallest absolute Gasteiger partial charge is 0.337 e. The average molecular weight is 641 g/mol. The second kappa shape index (κ2) is 14.4. The lowest BCUT2D eigenvalue weighted by atomic mass is 9.93. The lowest BCUT2D eigenvalue weighted by Gasteiger charge is -2.40. The van der Waals surface area contributed by atoms with Crippen molar-refractivity contribution < 1.29 is 28.5 Å². The number of methoxy groups -OCH3 is 1. The third-order valence-corrected chi connectivity index (χ3v) is 8.41. The summed E-state index contributed by atoms with van der Waals surface area (Å²) in [5.74, 6) is 0.781. The predicted octanol–water partition coefficient (Wildman–Crippen LogP) is 6.61. The zero-order valence-corrected chi connectivity index (χ0v) is 28.2. The summed E-state index contributed by atoms with van der Waals surface area (Å²) in [6.45, 7) is 15.8. The standard InChI is InChI=1S/C37H44N4O6/c1-8-19-46-37(6)15-17-40(18-16-37)35-29(22-34(42)45-9-2)25(5)38-33-23-31(39-41(33)35)27-12-10-11-26(20-27)30-21-28(36(43)44-7)13-14-32(30)47-24(3)4/h8,10-14,20-21,23-24H,1,9,15-19,22H2,2-7H3. The van der Waals surface area contributed by atoms with E-state index in [1.54, 1.807) is 31.2 Å². The van der Waals surface area contributed by atoms with E-state index in [-0.39, 0.29) is 24.1 Å². The van der Waals surface area contributed by atoms with Crippen molar-refractivity contribution in [2.24, 2.45) is 0 Å². The molecule has 1 aliphatic rings. The van der Waals surface area contributed by atoms with Crippen molar-refractivity contribution in [1.29, 1.82) is 0 Å². The fourth-order valence-electron chi connectivity index (χ4n) is 5.96. The molecule has 10 heteroatoms. The summed E-state index contributed by atoms with van der Waals surface area (Å²) in [6.07, 6.45) is 3.43. The molecule has 5 rings (SSSR count). The Morgan fingerprint density at radius 3 is 2.51 bits per heavy atom. The summed E-state index contributed by atoms with van der Waals surface area (Å²) in [5.41, 5.74) is 5.63. The lowest BCUT2D eigenvalue weighted by Crippen LogP contribution is -2.45. The highest BCUT2D eigenvalue weighted by atomic mass is 16.5. The van der Waals surface area contributed by atoms with Crippen molar-refractivity contribution in [1.82, 2.24) is 14.6 Å². The van der Waals surface area contributed by atoms with E-state index in [4.69, 9.17) is 29.0 Å². The molecule has 10 nitrogen and oxygen atoms in total. The van der Waals surface area contributed by atoms with E-state index in [0.717, 1.165) is 65.4 Å². The van der Waals surface area contributed by atoms with Gasteiger partial charge in [-0.15, -0.1) is 6.58 Å². The maximum atomic E-state index is 12.8. The summed E-state index contributed by atoms with van der Waals surface area (Å²) in [7, 11) is 1.37. The molecular formula is C37H44N4O6. The molecule has 0 atom stereocenters. The predicted molar refractivity (Wildman–Crippen MR) is 182 cm³/mol. The monoisotopic (exact) mass is 640 g/mol. The van der Waals surface area contributed by atoms with Crippen molar-refractivity contribution in [3.8, 4) is 28.1 Å². The molecule has 0 amide bonds. The van der Waals surface area contributed by atoms with E-state index < -0.39 is 5.97 Å². The molecule has 0 saturated carbocycles. The zero-order valence-electron chi connectivity index (χ0n) is 28.2. The Bertz CT molecular complexity index is 1770. The van der Waals surface area contributed by atoms with E-state index in [1.165, 1.54) is 7.11 Å². The number of ether oxygens (including phenoxy) is 4. The van der Waals surface area contributed by atoms with Crippen LogP contribution in [0, 0.1) is 6.92 Å². The second-order valence-electron chi connectivity index (χ2n) is 12.3. The normalized spacial score (nSPS) is 14.3. The van der Waals surface area contributed by atoms with Gasteiger partial charge in [0.1, 0.15) is 11.6 Å². The maximum absolute atomic E-state index is 12.8. The summed E-state index contributed by atoms with van der Waals surface area (Å²) in [6, 6.07) is 15.2. The molecule has 0 aliphatic carbocycles. The fourth-order valence-corrected chi connectivity index (χ4v) is 5.96. The van der Waals surface area contributed by atoms with Gasteiger partial charge in [0.15, 0.2) is 5.65 Å². The Morgan fingerprint density at radius 1 is 1.09 bits per heavy atom. The van der Waals surface area contributed by atoms with E-state index in [9.17, 15) is 9.59 Å². The van der Waals surface area contributed by atoms with Crippen LogP contribution in [0.4, 0.5) is 5.82 Å². The number of hydrogen-bond donors (Lipinski definition) is 0. The number of rotatable bonds is 12. The van der Waals surface area contributed by atoms with Crippen LogP contribution >= 0.6 is 0 Å². The highest BCUT2D eigenvalue weighted by Crippen LogP contribution is 2.36. The molecule has 3 heterocycles. The van der Waals surface area contributed by atoms with Gasteiger partial charge in [0, 0.05) is 41.5 Å². The van der Waals surface area contributed by atoms with Crippen LogP contribution in [0.5, 0.6) is 5.75 Å². The number of anilines is 1. The van der Waals surface area contributed by atoms with Gasteiger partial charge < -0.3 is 23.8 Å². The Hall–Kier alpha value is -4.70. The summed E-state index contributed by atoms with van der Waals surface area (Å²) in [5, 5.41) is 5.07. The topological polar surface area (TPSA) is 104 Å². The molecule has 0 radical (unpaired) electrons. The number of hydrogen-bond acceptors (Lipinski definition) is 9. The van der Waals surface area contributed by atoms with Gasteiger partial charge in [-0.2, -0.15) is 9.61 Å². The van der Waals surface area contributed by atoms with Gasteiger partial charge in [-0.05, 0) is 77.3 Å². The minimum atomic E-state index is -0.420. The van der Waals surface area contributed by atoms with Crippen molar-refractivity contribution in [2.45, 2.75) is 65.6 Å². The van der Waals surface area contributed by atoms with Gasteiger partial charge in [-0.3, -0.25) is 4.79 Å². The van der Waals surface area contributed by atoms with Crippen LogP contribution < -0.4 is 9.64 Å². The largest absolute Gasteiger partial charge is 0.490 e. The van der Waals surface area contributed by atoms with Crippen LogP contribution in [-0.2, 0) is 25.4 Å².